The van der Waals surface area contributed by atoms with Gasteiger partial charge in [-0.3, -0.25) is 4.72 Å². The van der Waals surface area contributed by atoms with E-state index in [9.17, 15) is 4.21 Å². The van der Waals surface area contributed by atoms with Gasteiger partial charge in [0.1, 0.15) is 28.2 Å². The van der Waals surface area contributed by atoms with Gasteiger partial charge in [0.15, 0.2) is 11.6 Å². The number of allylic oxidation sites excluding steroid dienone is 2. The van der Waals surface area contributed by atoms with Crippen LogP contribution >= 0.6 is 11.8 Å². The van der Waals surface area contributed by atoms with Crippen LogP contribution in [0.3, 0.4) is 0 Å². The molecule has 0 radical (unpaired) electrons. The molecule has 4 unspecified atom stereocenters. The number of benzene rings is 1. The summed E-state index contributed by atoms with van der Waals surface area (Å²) in [5.74, 6) is -0.877. The molecule has 12 heteroatoms. The number of rotatable bonds is 12. The first-order chi connectivity index (χ1) is 19.2. The highest BCUT2D eigenvalue weighted by atomic mass is 32.2. The van der Waals surface area contributed by atoms with Gasteiger partial charge in [0.05, 0.1) is 22.5 Å². The zero-order valence-electron chi connectivity index (χ0n) is 23.1. The second-order valence-electron chi connectivity index (χ2n) is 10.0. The molecule has 0 amide bonds. The maximum atomic E-state index is 15.1. The first kappa shape index (κ1) is 30.4. The average Bonchev–Trinajstić information content (AvgIpc) is 3.48. The smallest absolute Gasteiger partial charge is 0.223 e. The van der Waals surface area contributed by atoms with Gasteiger partial charge in [0.2, 0.25) is 5.95 Å². The van der Waals surface area contributed by atoms with Crippen molar-refractivity contribution in [1.82, 2.24) is 15.3 Å². The van der Waals surface area contributed by atoms with Crippen molar-refractivity contribution >= 4 is 39.3 Å². The SMILES string of the molecule is C=C(C)S/C(=C(/Oc1cc(F)c(NS(=O)C2CCOC2)c(F)c1)C(C)CC)c1ccnc(NC2CCCNC2)n1. The fourth-order valence-electron chi connectivity index (χ4n) is 4.37. The normalized spacial score (nSPS) is 21.3. The minimum absolute atomic E-state index is 0.00803. The van der Waals surface area contributed by atoms with Crippen molar-refractivity contribution in [3.63, 3.8) is 0 Å². The molecule has 1 aromatic carbocycles. The molecule has 2 aliphatic heterocycles. The van der Waals surface area contributed by atoms with E-state index in [0.29, 0.717) is 41.8 Å². The van der Waals surface area contributed by atoms with Crippen molar-refractivity contribution < 1.29 is 22.5 Å². The molecule has 218 valence electrons. The number of aromatic nitrogens is 2. The third-order valence-corrected chi connectivity index (χ3v) is 9.06. The first-order valence-corrected chi connectivity index (χ1v) is 15.6. The monoisotopic (exact) mass is 593 g/mol. The zero-order valence-corrected chi connectivity index (χ0v) is 24.7. The van der Waals surface area contributed by atoms with E-state index in [1.54, 1.807) is 12.3 Å². The maximum Gasteiger partial charge on any atom is 0.223 e. The Morgan fingerprint density at radius 2 is 2.12 bits per heavy atom. The van der Waals surface area contributed by atoms with Crippen molar-refractivity contribution in [1.29, 1.82) is 0 Å². The van der Waals surface area contributed by atoms with Crippen molar-refractivity contribution in [3.05, 3.63) is 59.0 Å². The minimum Gasteiger partial charge on any atom is -0.460 e. The summed E-state index contributed by atoms with van der Waals surface area (Å²) in [6.45, 7) is 12.5. The van der Waals surface area contributed by atoms with E-state index < -0.39 is 28.3 Å². The van der Waals surface area contributed by atoms with E-state index in [0.717, 1.165) is 43.0 Å². The number of anilines is 2. The Bertz CT molecular complexity index is 1230. The molecule has 2 aromatic rings. The first-order valence-electron chi connectivity index (χ1n) is 13.5. The molecular weight excluding hydrogens is 556 g/mol. The molecule has 2 aliphatic rings. The summed E-state index contributed by atoms with van der Waals surface area (Å²) >= 11 is 1.39. The predicted molar refractivity (Wildman–Crippen MR) is 158 cm³/mol. The maximum absolute atomic E-state index is 15.1. The van der Waals surface area contributed by atoms with Crippen molar-refractivity contribution in [2.24, 2.45) is 5.92 Å². The number of halogens is 2. The van der Waals surface area contributed by atoms with Crippen LogP contribution in [0, 0.1) is 17.6 Å². The van der Waals surface area contributed by atoms with Crippen molar-refractivity contribution in [2.45, 2.75) is 57.7 Å². The molecule has 3 N–H and O–H groups in total. The molecule has 40 heavy (non-hydrogen) atoms. The third kappa shape index (κ3) is 8.02. The number of hydrogen-bond acceptors (Lipinski definition) is 8. The molecule has 4 rings (SSSR count). The second kappa shape index (κ2) is 14.4. The predicted octanol–water partition coefficient (Wildman–Crippen LogP) is 5.84. The van der Waals surface area contributed by atoms with Crippen LogP contribution in [0.5, 0.6) is 5.75 Å². The summed E-state index contributed by atoms with van der Waals surface area (Å²) in [5.41, 5.74) is 0.171. The quantitative estimate of drug-likeness (QED) is 0.264. The number of ether oxygens (including phenoxy) is 2. The van der Waals surface area contributed by atoms with Gasteiger partial charge in [0.25, 0.3) is 0 Å². The van der Waals surface area contributed by atoms with Gasteiger partial charge in [-0.25, -0.2) is 23.0 Å². The van der Waals surface area contributed by atoms with E-state index in [4.69, 9.17) is 14.5 Å². The zero-order chi connectivity index (χ0) is 28.6. The van der Waals surface area contributed by atoms with Gasteiger partial charge in [-0.05, 0) is 50.1 Å². The molecule has 2 saturated heterocycles. The number of piperidine rings is 1. The van der Waals surface area contributed by atoms with E-state index >= 15 is 8.78 Å². The van der Waals surface area contributed by atoms with Crippen molar-refractivity contribution in [3.8, 4) is 5.75 Å². The van der Waals surface area contributed by atoms with Crippen LogP contribution in [-0.4, -0.2) is 51.8 Å². The Kier molecular flexibility index (Phi) is 10.9. The van der Waals surface area contributed by atoms with Gasteiger partial charge in [-0.2, -0.15) is 0 Å². The molecule has 0 spiro atoms. The van der Waals surface area contributed by atoms with Crippen LogP contribution < -0.4 is 20.1 Å². The van der Waals surface area contributed by atoms with Crippen LogP contribution in [0.1, 0.15) is 52.1 Å². The molecule has 3 heterocycles. The summed E-state index contributed by atoms with van der Waals surface area (Å²) in [4.78, 5) is 10.7. The molecule has 8 nitrogen and oxygen atoms in total. The van der Waals surface area contributed by atoms with Gasteiger partial charge >= 0.3 is 0 Å². The average molecular weight is 594 g/mol. The van der Waals surface area contributed by atoms with Gasteiger partial charge in [0, 0.05) is 43.4 Å². The van der Waals surface area contributed by atoms with Crippen LogP contribution in [0.25, 0.3) is 4.91 Å². The van der Waals surface area contributed by atoms with E-state index in [-0.39, 0.29) is 29.6 Å². The second-order valence-corrected chi connectivity index (χ2v) is 12.8. The number of nitrogens with one attached hydrogen (secondary N) is 3. The Labute approximate surface area is 241 Å². The van der Waals surface area contributed by atoms with E-state index in [1.165, 1.54) is 11.8 Å². The van der Waals surface area contributed by atoms with Crippen molar-refractivity contribution in [2.75, 3.05) is 36.3 Å². The van der Waals surface area contributed by atoms with Gasteiger partial charge < -0.3 is 20.1 Å². The van der Waals surface area contributed by atoms with Crippen LogP contribution in [0.4, 0.5) is 20.4 Å². The van der Waals surface area contributed by atoms with Crippen LogP contribution in [-0.2, 0) is 15.7 Å². The molecule has 4 atom stereocenters. The van der Waals surface area contributed by atoms with Crippen LogP contribution in [0.2, 0.25) is 0 Å². The number of hydrogen-bond donors (Lipinski definition) is 3. The largest absolute Gasteiger partial charge is 0.460 e. The number of thioether (sulfide) groups is 1. The Morgan fingerprint density at radius 3 is 2.75 bits per heavy atom. The molecule has 0 bridgehead atoms. The number of nitrogens with zero attached hydrogens (tertiary/aromatic N) is 2. The van der Waals surface area contributed by atoms with Gasteiger partial charge in [-0.1, -0.05) is 32.2 Å². The summed E-state index contributed by atoms with van der Waals surface area (Å²) in [5, 5.41) is 6.45. The highest BCUT2D eigenvalue weighted by Crippen LogP contribution is 2.39. The fraction of sp³-hybridized carbons (Fsp3) is 0.500. The Morgan fingerprint density at radius 1 is 1.35 bits per heavy atom. The Balaban J connectivity index is 1.65. The van der Waals surface area contributed by atoms with E-state index in [2.05, 4.69) is 26.9 Å². The summed E-state index contributed by atoms with van der Waals surface area (Å²) in [7, 11) is -1.68. The lowest BCUT2D eigenvalue weighted by Gasteiger charge is -2.24. The summed E-state index contributed by atoms with van der Waals surface area (Å²) in [6.07, 6.45) is 5.06. The lowest BCUT2D eigenvalue weighted by molar-refractivity contribution is 0.199. The Hall–Kier alpha value is -2.54. The summed E-state index contributed by atoms with van der Waals surface area (Å²) < 4.78 is 56.6. The molecule has 1 aromatic heterocycles. The lowest BCUT2D eigenvalue weighted by atomic mass is 10.1. The molecule has 0 aliphatic carbocycles. The highest BCUT2D eigenvalue weighted by molar-refractivity contribution is 8.11. The minimum atomic E-state index is -1.68. The van der Waals surface area contributed by atoms with Gasteiger partial charge in [-0.15, -0.1) is 0 Å². The fourth-order valence-corrected chi connectivity index (χ4v) is 6.37. The topological polar surface area (TPSA) is 97.4 Å². The highest BCUT2D eigenvalue weighted by Gasteiger charge is 2.26. The molecule has 2 fully saturated rings. The lowest BCUT2D eigenvalue weighted by Crippen LogP contribution is -2.38. The van der Waals surface area contributed by atoms with Crippen LogP contribution in [0.15, 0.2) is 41.6 Å². The molecule has 0 saturated carbocycles. The standard InChI is InChI=1S/C28H37F2N5O3S2/c1-5-18(4)26(38-20-13-22(29)25(23(30)14-20)35-40(36)21-9-12-37-16-21)27(39-17(2)3)24-8-11-32-28(34-24)33-19-7-6-10-31-15-19/h8,11,13-14,18-19,21,31,35H,2,5-7,9-10,12,15-16H2,1,3-4H3,(H,32,33,34)/b27-26+. The van der Waals surface area contributed by atoms with E-state index in [1.807, 2.05) is 20.8 Å². The molecular formula is C28H37F2N5O3S2. The third-order valence-electron chi connectivity index (χ3n) is 6.72. The summed E-state index contributed by atoms with van der Waals surface area (Å²) in [6, 6.07) is 4.21.